The smallest absolute Gasteiger partial charge is 0.127 e. The fraction of sp³-hybridized carbons (Fsp3) is 0.200. The first-order valence-corrected chi connectivity index (χ1v) is 6.79. The first kappa shape index (κ1) is 12.8. The molecular formula is C15H12Cl2O2. The van der Waals surface area contributed by atoms with E-state index >= 15 is 0 Å². The molecule has 1 aliphatic rings. The van der Waals surface area contributed by atoms with E-state index in [1.54, 1.807) is 12.1 Å². The van der Waals surface area contributed by atoms with Crippen molar-refractivity contribution in [3.05, 3.63) is 63.6 Å². The number of ether oxygens (including phenoxy) is 1. The number of fused-ring (bicyclic) bond motifs is 1. The predicted molar refractivity (Wildman–Crippen MR) is 75.8 cm³/mol. The van der Waals surface area contributed by atoms with Crippen molar-refractivity contribution in [3.63, 3.8) is 0 Å². The van der Waals surface area contributed by atoms with Crippen molar-refractivity contribution in [3.8, 4) is 5.75 Å². The number of hydrogen-bond donors (Lipinski definition) is 1. The number of halogens is 2. The van der Waals surface area contributed by atoms with Gasteiger partial charge in [-0.05, 0) is 23.8 Å². The number of benzene rings is 2. The number of aliphatic hydroxyl groups excluding tert-OH is 1. The highest BCUT2D eigenvalue weighted by Gasteiger charge is 2.27. The lowest BCUT2D eigenvalue weighted by Crippen LogP contribution is -2.18. The van der Waals surface area contributed by atoms with Gasteiger partial charge in [-0.1, -0.05) is 47.5 Å². The van der Waals surface area contributed by atoms with Gasteiger partial charge >= 0.3 is 0 Å². The Kier molecular flexibility index (Phi) is 3.40. The number of aliphatic hydroxyl groups is 1. The number of rotatable bonds is 1. The van der Waals surface area contributed by atoms with Crippen molar-refractivity contribution in [2.75, 3.05) is 0 Å². The van der Waals surface area contributed by atoms with Gasteiger partial charge in [0, 0.05) is 12.0 Å². The molecule has 2 unspecified atom stereocenters. The standard InChI is InChI=1S/C15H12Cl2O2/c16-11-6-5-9(7-12(11)17)15-8-13(18)10-3-1-2-4-14(10)19-15/h1-7,13,15,18H,8H2. The average molecular weight is 295 g/mol. The largest absolute Gasteiger partial charge is 0.485 e. The molecule has 3 rings (SSSR count). The van der Waals surface area contributed by atoms with E-state index in [1.807, 2.05) is 30.3 Å². The van der Waals surface area contributed by atoms with E-state index < -0.39 is 6.10 Å². The van der Waals surface area contributed by atoms with Crippen LogP contribution in [0.3, 0.4) is 0 Å². The van der Waals surface area contributed by atoms with Gasteiger partial charge in [-0.25, -0.2) is 0 Å². The Bertz CT molecular complexity index is 613. The number of para-hydroxylation sites is 1. The normalized spacial score (nSPS) is 21.6. The van der Waals surface area contributed by atoms with Crippen molar-refractivity contribution in [1.82, 2.24) is 0 Å². The molecule has 1 N–H and O–H groups in total. The molecule has 0 radical (unpaired) electrons. The summed E-state index contributed by atoms with van der Waals surface area (Å²) >= 11 is 11.9. The fourth-order valence-corrected chi connectivity index (χ4v) is 2.62. The summed E-state index contributed by atoms with van der Waals surface area (Å²) in [6.07, 6.45) is -0.223. The Hall–Kier alpha value is -1.22. The van der Waals surface area contributed by atoms with E-state index in [-0.39, 0.29) is 6.10 Å². The molecule has 0 amide bonds. The Labute approximate surface area is 121 Å². The lowest BCUT2D eigenvalue weighted by Gasteiger charge is -2.30. The molecule has 0 fully saturated rings. The van der Waals surface area contributed by atoms with Gasteiger partial charge in [-0.15, -0.1) is 0 Å². The predicted octanol–water partition coefficient (Wildman–Crippen LogP) is 4.55. The Morgan fingerprint density at radius 3 is 2.63 bits per heavy atom. The van der Waals surface area contributed by atoms with E-state index in [9.17, 15) is 5.11 Å². The molecule has 2 atom stereocenters. The third-order valence-corrected chi connectivity index (χ3v) is 4.04. The van der Waals surface area contributed by atoms with E-state index in [1.165, 1.54) is 0 Å². The molecule has 2 aromatic rings. The summed E-state index contributed by atoms with van der Waals surface area (Å²) in [5.41, 5.74) is 1.75. The Morgan fingerprint density at radius 1 is 1.05 bits per heavy atom. The molecule has 0 aliphatic carbocycles. The van der Waals surface area contributed by atoms with Crippen LogP contribution < -0.4 is 4.74 Å². The van der Waals surface area contributed by atoms with Crippen molar-refractivity contribution >= 4 is 23.2 Å². The molecule has 1 heterocycles. The van der Waals surface area contributed by atoms with Crippen LogP contribution in [0.15, 0.2) is 42.5 Å². The van der Waals surface area contributed by atoms with E-state index in [0.29, 0.717) is 16.5 Å². The zero-order valence-electron chi connectivity index (χ0n) is 10.0. The molecule has 0 aromatic heterocycles. The van der Waals surface area contributed by atoms with Crippen molar-refractivity contribution in [2.45, 2.75) is 18.6 Å². The van der Waals surface area contributed by atoms with Crippen LogP contribution in [0.4, 0.5) is 0 Å². The second-order valence-corrected chi connectivity index (χ2v) is 5.38. The monoisotopic (exact) mass is 294 g/mol. The molecular weight excluding hydrogens is 283 g/mol. The van der Waals surface area contributed by atoms with Gasteiger partial charge in [-0.3, -0.25) is 0 Å². The van der Waals surface area contributed by atoms with Crippen LogP contribution in [0, 0.1) is 0 Å². The maximum atomic E-state index is 10.2. The van der Waals surface area contributed by atoms with Crippen LogP contribution in [0.2, 0.25) is 10.0 Å². The minimum atomic E-state index is -0.524. The first-order chi connectivity index (χ1) is 9.15. The van der Waals surface area contributed by atoms with Crippen molar-refractivity contribution in [1.29, 1.82) is 0 Å². The molecule has 1 aliphatic heterocycles. The molecule has 2 aromatic carbocycles. The van der Waals surface area contributed by atoms with Gasteiger partial charge in [-0.2, -0.15) is 0 Å². The third-order valence-electron chi connectivity index (χ3n) is 3.30. The lowest BCUT2D eigenvalue weighted by molar-refractivity contribution is 0.0657. The molecule has 19 heavy (non-hydrogen) atoms. The second-order valence-electron chi connectivity index (χ2n) is 4.57. The maximum Gasteiger partial charge on any atom is 0.127 e. The van der Waals surface area contributed by atoms with Crippen molar-refractivity contribution < 1.29 is 9.84 Å². The minimum absolute atomic E-state index is 0.209. The highest BCUT2D eigenvalue weighted by molar-refractivity contribution is 6.42. The van der Waals surface area contributed by atoms with Crippen LogP contribution in [0.25, 0.3) is 0 Å². The highest BCUT2D eigenvalue weighted by Crippen LogP contribution is 2.41. The van der Waals surface area contributed by atoms with Gasteiger partial charge in [0.15, 0.2) is 0 Å². The molecule has 4 heteroatoms. The van der Waals surface area contributed by atoms with Gasteiger partial charge in [0.05, 0.1) is 16.1 Å². The van der Waals surface area contributed by atoms with Gasteiger partial charge in [0.25, 0.3) is 0 Å². The van der Waals surface area contributed by atoms with Crippen LogP contribution in [0.1, 0.15) is 29.8 Å². The maximum absolute atomic E-state index is 10.2. The van der Waals surface area contributed by atoms with Gasteiger partial charge < -0.3 is 9.84 Å². The van der Waals surface area contributed by atoms with Gasteiger partial charge in [0.2, 0.25) is 0 Å². The molecule has 2 nitrogen and oxygen atoms in total. The highest BCUT2D eigenvalue weighted by atomic mass is 35.5. The third kappa shape index (κ3) is 2.44. The summed E-state index contributed by atoms with van der Waals surface area (Å²) in [4.78, 5) is 0. The van der Waals surface area contributed by atoms with Crippen LogP contribution in [-0.4, -0.2) is 5.11 Å². The van der Waals surface area contributed by atoms with Crippen molar-refractivity contribution in [2.24, 2.45) is 0 Å². The molecule has 0 bridgehead atoms. The summed E-state index contributed by atoms with van der Waals surface area (Å²) in [5.74, 6) is 0.720. The summed E-state index contributed by atoms with van der Waals surface area (Å²) in [6.45, 7) is 0. The second kappa shape index (κ2) is 5.04. The average Bonchev–Trinajstić information content (AvgIpc) is 2.42. The fourth-order valence-electron chi connectivity index (χ4n) is 2.31. The topological polar surface area (TPSA) is 29.5 Å². The Balaban J connectivity index is 1.94. The quantitative estimate of drug-likeness (QED) is 0.836. The molecule has 98 valence electrons. The first-order valence-electron chi connectivity index (χ1n) is 6.04. The zero-order chi connectivity index (χ0) is 13.4. The lowest BCUT2D eigenvalue weighted by atomic mass is 9.95. The Morgan fingerprint density at radius 2 is 1.84 bits per heavy atom. The summed E-state index contributed by atoms with van der Waals surface area (Å²) in [6, 6.07) is 12.9. The van der Waals surface area contributed by atoms with E-state index in [2.05, 4.69) is 0 Å². The molecule has 0 saturated carbocycles. The summed E-state index contributed by atoms with van der Waals surface area (Å²) in [5, 5.41) is 11.2. The van der Waals surface area contributed by atoms with Gasteiger partial charge in [0.1, 0.15) is 11.9 Å². The van der Waals surface area contributed by atoms with Crippen LogP contribution in [0.5, 0.6) is 5.75 Å². The minimum Gasteiger partial charge on any atom is -0.485 e. The molecule has 0 spiro atoms. The SMILES string of the molecule is OC1CC(c2ccc(Cl)c(Cl)c2)Oc2ccccc21. The van der Waals surface area contributed by atoms with E-state index in [0.717, 1.165) is 16.9 Å². The number of hydrogen-bond acceptors (Lipinski definition) is 2. The van der Waals surface area contributed by atoms with E-state index in [4.69, 9.17) is 27.9 Å². The van der Waals surface area contributed by atoms with Crippen LogP contribution >= 0.6 is 23.2 Å². The summed E-state index contributed by atoms with van der Waals surface area (Å²) < 4.78 is 5.92. The molecule has 0 saturated heterocycles. The van der Waals surface area contributed by atoms with Crippen LogP contribution in [-0.2, 0) is 0 Å². The zero-order valence-corrected chi connectivity index (χ0v) is 11.5. The summed E-state index contributed by atoms with van der Waals surface area (Å²) in [7, 11) is 0.